The van der Waals surface area contributed by atoms with E-state index in [0.717, 1.165) is 17.8 Å². The Morgan fingerprint density at radius 2 is 1.67 bits per heavy atom. The first kappa shape index (κ1) is 15.0. The zero-order valence-electron chi connectivity index (χ0n) is 11.7. The van der Waals surface area contributed by atoms with Crippen LogP contribution < -0.4 is 0 Å². The lowest BCUT2D eigenvalue weighted by molar-refractivity contribution is 0.280. The van der Waals surface area contributed by atoms with Crippen molar-refractivity contribution in [3.8, 4) is 0 Å². The highest BCUT2D eigenvalue weighted by Crippen LogP contribution is 2.23. The van der Waals surface area contributed by atoms with Crippen LogP contribution in [-0.2, 0) is 0 Å². The van der Waals surface area contributed by atoms with Gasteiger partial charge in [-0.25, -0.2) is 0 Å². The van der Waals surface area contributed by atoms with E-state index in [2.05, 4.69) is 32.6 Å². The van der Waals surface area contributed by atoms with E-state index in [1.807, 2.05) is 13.8 Å². The highest BCUT2D eigenvalue weighted by molar-refractivity contribution is 4.76. The van der Waals surface area contributed by atoms with Crippen LogP contribution in [0.15, 0.2) is 0 Å². The van der Waals surface area contributed by atoms with Crippen LogP contribution >= 0.6 is 0 Å². The van der Waals surface area contributed by atoms with Crippen molar-refractivity contribution in [2.45, 2.75) is 54.4 Å². The van der Waals surface area contributed by atoms with Crippen molar-refractivity contribution in [2.75, 3.05) is 19.6 Å². The van der Waals surface area contributed by atoms with E-state index < -0.39 is 0 Å². The van der Waals surface area contributed by atoms with E-state index in [-0.39, 0.29) is 0 Å². The van der Waals surface area contributed by atoms with Gasteiger partial charge in [0.25, 0.3) is 0 Å². The fourth-order valence-corrected chi connectivity index (χ4v) is 2.45. The third-order valence-electron chi connectivity index (χ3n) is 2.80. The Hall–Kier alpha value is -0.0400. The van der Waals surface area contributed by atoms with Gasteiger partial charge in [-0.3, -0.25) is 0 Å². The lowest BCUT2D eigenvalue weighted by Crippen LogP contribution is -2.25. The molecule has 15 heavy (non-hydrogen) atoms. The second kappa shape index (κ2) is 8.15. The van der Waals surface area contributed by atoms with Gasteiger partial charge < -0.3 is 4.90 Å². The van der Waals surface area contributed by atoms with Gasteiger partial charge in [-0.05, 0) is 37.1 Å². The van der Waals surface area contributed by atoms with Crippen LogP contribution in [0.4, 0.5) is 0 Å². The molecule has 92 valence electrons. The minimum atomic E-state index is 0.831. The molecule has 1 heteroatoms. The first-order valence-electron chi connectivity index (χ1n) is 6.80. The van der Waals surface area contributed by atoms with Crippen molar-refractivity contribution < 1.29 is 0 Å². The van der Waals surface area contributed by atoms with Crippen LogP contribution in [0, 0.1) is 17.8 Å². The van der Waals surface area contributed by atoms with Gasteiger partial charge in [-0.2, -0.15) is 0 Å². The van der Waals surface area contributed by atoms with Gasteiger partial charge in [0.15, 0.2) is 0 Å². The van der Waals surface area contributed by atoms with Crippen molar-refractivity contribution in [3.05, 3.63) is 0 Å². The Bertz CT molecular complexity index is 124. The number of hydrogen-bond acceptors (Lipinski definition) is 1. The number of rotatable bonds is 4. The summed E-state index contributed by atoms with van der Waals surface area (Å²) in [4.78, 5) is 2.64. The molecule has 1 fully saturated rings. The summed E-state index contributed by atoms with van der Waals surface area (Å²) in [5.41, 5.74) is 0. The normalized spacial score (nSPS) is 22.0. The molecule has 1 unspecified atom stereocenters. The summed E-state index contributed by atoms with van der Waals surface area (Å²) in [6.07, 6.45) is 2.86. The minimum absolute atomic E-state index is 0.831. The van der Waals surface area contributed by atoms with Gasteiger partial charge >= 0.3 is 0 Å². The Morgan fingerprint density at radius 1 is 1.07 bits per heavy atom. The summed E-state index contributed by atoms with van der Waals surface area (Å²) >= 11 is 0. The minimum Gasteiger partial charge on any atom is -0.303 e. The Kier molecular flexibility index (Phi) is 8.13. The van der Waals surface area contributed by atoms with E-state index in [0.29, 0.717) is 0 Å². The van der Waals surface area contributed by atoms with Crippen molar-refractivity contribution in [2.24, 2.45) is 17.8 Å². The fraction of sp³-hybridized carbons (Fsp3) is 1.00. The van der Waals surface area contributed by atoms with Crippen molar-refractivity contribution in [1.29, 1.82) is 0 Å². The summed E-state index contributed by atoms with van der Waals surface area (Å²) in [5, 5.41) is 0. The molecular formula is C14H31N. The highest BCUT2D eigenvalue weighted by Gasteiger charge is 2.22. The van der Waals surface area contributed by atoms with Gasteiger partial charge in [0.2, 0.25) is 0 Å². The molecule has 0 saturated carbocycles. The Balaban J connectivity index is 0.000000921. The molecule has 1 rings (SSSR count). The molecule has 0 spiro atoms. The topological polar surface area (TPSA) is 3.24 Å². The smallest absolute Gasteiger partial charge is 0.00103 e. The van der Waals surface area contributed by atoms with Gasteiger partial charge in [0.05, 0.1) is 0 Å². The predicted octanol–water partition coefficient (Wildman–Crippen LogP) is 4.04. The molecule has 1 aliphatic rings. The summed E-state index contributed by atoms with van der Waals surface area (Å²) in [5.74, 6) is 2.69. The molecule has 1 aliphatic heterocycles. The quantitative estimate of drug-likeness (QED) is 0.681. The standard InChI is InChI=1S/C12H25N.C2H6/c1-10(2)7-12-5-6-13(9-12)8-11(3)4;1-2/h10-12H,5-9H2,1-4H3;1-2H3. The van der Waals surface area contributed by atoms with Crippen molar-refractivity contribution in [1.82, 2.24) is 4.90 Å². The molecule has 0 bridgehead atoms. The number of nitrogens with zero attached hydrogens (tertiary/aromatic N) is 1. The van der Waals surface area contributed by atoms with E-state index in [1.54, 1.807) is 0 Å². The lowest BCUT2D eigenvalue weighted by atomic mass is 9.97. The molecule has 0 amide bonds. The molecule has 0 aliphatic carbocycles. The van der Waals surface area contributed by atoms with Crippen molar-refractivity contribution >= 4 is 0 Å². The van der Waals surface area contributed by atoms with E-state index in [9.17, 15) is 0 Å². The maximum Gasteiger partial charge on any atom is 0.00103 e. The second-order valence-electron chi connectivity index (χ2n) is 5.44. The third-order valence-corrected chi connectivity index (χ3v) is 2.80. The van der Waals surface area contributed by atoms with Crippen LogP contribution in [-0.4, -0.2) is 24.5 Å². The molecule has 0 aromatic carbocycles. The number of hydrogen-bond donors (Lipinski definition) is 0. The summed E-state index contributed by atoms with van der Waals surface area (Å²) in [6.45, 7) is 17.3. The van der Waals surface area contributed by atoms with Gasteiger partial charge in [0.1, 0.15) is 0 Å². The highest BCUT2D eigenvalue weighted by atomic mass is 15.1. The molecular weight excluding hydrogens is 182 g/mol. The summed E-state index contributed by atoms with van der Waals surface area (Å²) < 4.78 is 0. The van der Waals surface area contributed by atoms with E-state index >= 15 is 0 Å². The van der Waals surface area contributed by atoms with Crippen LogP contribution in [0.1, 0.15) is 54.4 Å². The van der Waals surface area contributed by atoms with Crippen LogP contribution in [0.25, 0.3) is 0 Å². The average Bonchev–Trinajstić information content (AvgIpc) is 2.54. The monoisotopic (exact) mass is 213 g/mol. The summed E-state index contributed by atoms with van der Waals surface area (Å²) in [7, 11) is 0. The van der Waals surface area contributed by atoms with Crippen LogP contribution in [0.5, 0.6) is 0 Å². The zero-order valence-corrected chi connectivity index (χ0v) is 11.7. The Morgan fingerprint density at radius 3 is 2.13 bits per heavy atom. The first-order chi connectivity index (χ1) is 7.08. The van der Waals surface area contributed by atoms with E-state index in [4.69, 9.17) is 0 Å². The second-order valence-corrected chi connectivity index (χ2v) is 5.44. The van der Waals surface area contributed by atoms with Crippen molar-refractivity contribution in [3.63, 3.8) is 0 Å². The molecule has 1 nitrogen and oxygen atoms in total. The SMILES string of the molecule is CC.CC(C)CC1CCN(CC(C)C)C1. The average molecular weight is 213 g/mol. The van der Waals surface area contributed by atoms with Crippen LogP contribution in [0.2, 0.25) is 0 Å². The molecule has 0 aromatic rings. The number of likely N-dealkylation sites (tertiary alicyclic amines) is 1. The summed E-state index contributed by atoms with van der Waals surface area (Å²) in [6, 6.07) is 0. The molecule has 0 radical (unpaired) electrons. The first-order valence-corrected chi connectivity index (χ1v) is 6.80. The molecule has 1 heterocycles. The largest absolute Gasteiger partial charge is 0.303 e. The molecule has 1 atom stereocenters. The molecule has 0 aromatic heterocycles. The lowest BCUT2D eigenvalue weighted by Gasteiger charge is -2.18. The maximum atomic E-state index is 2.64. The zero-order chi connectivity index (χ0) is 11.8. The van der Waals surface area contributed by atoms with Gasteiger partial charge in [-0.1, -0.05) is 41.5 Å². The predicted molar refractivity (Wildman–Crippen MR) is 70.2 cm³/mol. The Labute approximate surface area is 97.2 Å². The molecule has 0 N–H and O–H groups in total. The molecule has 1 saturated heterocycles. The maximum absolute atomic E-state index is 2.64. The fourth-order valence-electron chi connectivity index (χ4n) is 2.45. The van der Waals surface area contributed by atoms with Gasteiger partial charge in [-0.15, -0.1) is 0 Å². The van der Waals surface area contributed by atoms with Gasteiger partial charge in [0, 0.05) is 13.1 Å². The van der Waals surface area contributed by atoms with E-state index in [1.165, 1.54) is 32.5 Å². The third kappa shape index (κ3) is 6.94. The van der Waals surface area contributed by atoms with Crippen LogP contribution in [0.3, 0.4) is 0 Å².